The zero-order valence-corrected chi connectivity index (χ0v) is 5.44. The summed E-state index contributed by atoms with van der Waals surface area (Å²) < 4.78 is 0.979. The molecular weight excluding hydrogens is 156 g/mol. The van der Waals surface area contributed by atoms with Crippen LogP contribution in [0, 0.1) is 6.04 Å². The first kappa shape index (κ1) is 4.97. The second kappa shape index (κ2) is 1.74. The molecule has 0 unspecified atom stereocenters. The van der Waals surface area contributed by atoms with Crippen LogP contribution in [0.1, 0.15) is 6.92 Å². The van der Waals surface area contributed by atoms with Gasteiger partial charge in [0.2, 0.25) is 0 Å². The molecule has 0 aromatic carbocycles. The van der Waals surface area contributed by atoms with Gasteiger partial charge in [-0.2, -0.15) is 10.2 Å². The van der Waals surface area contributed by atoms with Crippen LogP contribution < -0.4 is 0 Å². The summed E-state index contributed by atoms with van der Waals surface area (Å²) in [5.74, 6) is 0. The monoisotopic (exact) mass is 159 g/mol. The van der Waals surface area contributed by atoms with Crippen LogP contribution in [0.5, 0.6) is 0 Å². The van der Waals surface area contributed by atoms with Crippen LogP contribution in [0.4, 0.5) is 0 Å². The summed E-state index contributed by atoms with van der Waals surface area (Å²) in [5, 5.41) is 7.34. The molecule has 0 aromatic rings. The number of hydrogen-bond acceptors (Lipinski definition) is 2. The van der Waals surface area contributed by atoms with Crippen molar-refractivity contribution in [2.75, 3.05) is 0 Å². The SMILES string of the molecule is C[C]1N=NC=C1Br. The highest BCUT2D eigenvalue weighted by Crippen LogP contribution is 2.25. The fourth-order valence-corrected chi connectivity index (χ4v) is 0.478. The van der Waals surface area contributed by atoms with Crippen LogP contribution >= 0.6 is 15.9 Å². The fraction of sp³-hybridized carbons (Fsp3) is 0.250. The van der Waals surface area contributed by atoms with Crippen molar-refractivity contribution in [2.24, 2.45) is 10.2 Å². The molecule has 7 heavy (non-hydrogen) atoms. The summed E-state index contributed by atoms with van der Waals surface area (Å²) in [6.07, 6.45) is 1.68. The molecule has 0 saturated heterocycles. The lowest BCUT2D eigenvalue weighted by molar-refractivity contribution is 1.07. The highest BCUT2D eigenvalue weighted by molar-refractivity contribution is 9.11. The van der Waals surface area contributed by atoms with Crippen LogP contribution in [-0.2, 0) is 0 Å². The molecule has 0 amide bonds. The minimum Gasteiger partial charge on any atom is -0.174 e. The summed E-state index contributed by atoms with van der Waals surface area (Å²) in [6.45, 7) is 1.90. The van der Waals surface area contributed by atoms with Crippen LogP contribution in [0.15, 0.2) is 20.9 Å². The van der Waals surface area contributed by atoms with E-state index in [9.17, 15) is 0 Å². The maximum Gasteiger partial charge on any atom is 0.143 e. The largest absolute Gasteiger partial charge is 0.174 e. The first-order chi connectivity index (χ1) is 3.30. The van der Waals surface area contributed by atoms with Gasteiger partial charge in [0.1, 0.15) is 6.04 Å². The third-order valence-corrected chi connectivity index (χ3v) is 1.50. The summed E-state index contributed by atoms with van der Waals surface area (Å²) >= 11 is 3.24. The Morgan fingerprint density at radius 2 is 2.43 bits per heavy atom. The van der Waals surface area contributed by atoms with Gasteiger partial charge in [-0.1, -0.05) is 15.9 Å². The molecule has 1 rings (SSSR count). The number of hydrogen-bond donors (Lipinski definition) is 0. The van der Waals surface area contributed by atoms with E-state index < -0.39 is 0 Å². The van der Waals surface area contributed by atoms with Gasteiger partial charge in [-0.25, -0.2) is 0 Å². The van der Waals surface area contributed by atoms with Gasteiger partial charge in [0.05, 0.1) is 6.20 Å². The summed E-state index contributed by atoms with van der Waals surface area (Å²) in [7, 11) is 0. The van der Waals surface area contributed by atoms with E-state index in [1.807, 2.05) is 6.92 Å². The highest BCUT2D eigenvalue weighted by atomic mass is 79.9. The van der Waals surface area contributed by atoms with E-state index in [1.165, 1.54) is 0 Å². The van der Waals surface area contributed by atoms with Crippen molar-refractivity contribution in [3.05, 3.63) is 16.7 Å². The Kier molecular flexibility index (Phi) is 1.23. The average molecular weight is 160 g/mol. The Labute approximate surface area is 50.5 Å². The summed E-state index contributed by atoms with van der Waals surface area (Å²) in [4.78, 5) is 0. The van der Waals surface area contributed by atoms with Gasteiger partial charge in [-0.3, -0.25) is 0 Å². The van der Waals surface area contributed by atoms with Gasteiger partial charge in [0, 0.05) is 4.48 Å². The summed E-state index contributed by atoms with van der Waals surface area (Å²) in [5.41, 5.74) is 0. The van der Waals surface area contributed by atoms with E-state index in [-0.39, 0.29) is 0 Å². The Balaban J connectivity index is 2.69. The molecule has 1 aliphatic heterocycles. The smallest absolute Gasteiger partial charge is 0.143 e. The van der Waals surface area contributed by atoms with E-state index in [2.05, 4.69) is 26.2 Å². The maximum atomic E-state index is 3.72. The van der Waals surface area contributed by atoms with E-state index >= 15 is 0 Å². The molecule has 1 aliphatic rings. The highest BCUT2D eigenvalue weighted by Gasteiger charge is 2.07. The predicted octanol–water partition coefficient (Wildman–Crippen LogP) is 2.24. The van der Waals surface area contributed by atoms with Crippen molar-refractivity contribution in [1.82, 2.24) is 0 Å². The predicted molar refractivity (Wildman–Crippen MR) is 30.8 cm³/mol. The molecule has 0 spiro atoms. The molecule has 0 saturated carbocycles. The number of nitrogens with zero attached hydrogens (tertiary/aromatic N) is 2. The lowest BCUT2D eigenvalue weighted by Gasteiger charge is -1.88. The Bertz CT molecular complexity index is 128. The van der Waals surface area contributed by atoms with Crippen molar-refractivity contribution in [3.8, 4) is 0 Å². The molecular formula is C4H4BrN2. The van der Waals surface area contributed by atoms with Crippen molar-refractivity contribution in [1.29, 1.82) is 0 Å². The van der Waals surface area contributed by atoms with Crippen LogP contribution in [0.3, 0.4) is 0 Å². The second-order valence-electron chi connectivity index (χ2n) is 1.28. The lowest BCUT2D eigenvalue weighted by atomic mass is 10.4. The van der Waals surface area contributed by atoms with Crippen molar-refractivity contribution in [2.45, 2.75) is 6.92 Å². The van der Waals surface area contributed by atoms with Crippen molar-refractivity contribution in [3.63, 3.8) is 0 Å². The number of rotatable bonds is 0. The molecule has 0 fully saturated rings. The van der Waals surface area contributed by atoms with E-state index in [0.29, 0.717) is 0 Å². The van der Waals surface area contributed by atoms with Crippen LogP contribution in [0.2, 0.25) is 0 Å². The van der Waals surface area contributed by atoms with Crippen LogP contribution in [0.25, 0.3) is 0 Å². The molecule has 1 heterocycles. The Morgan fingerprint density at radius 1 is 1.71 bits per heavy atom. The number of halogens is 1. The van der Waals surface area contributed by atoms with Crippen LogP contribution in [-0.4, -0.2) is 0 Å². The molecule has 0 bridgehead atoms. The second-order valence-corrected chi connectivity index (χ2v) is 2.13. The normalized spacial score (nSPS) is 20.6. The fourth-order valence-electron chi connectivity index (χ4n) is 0.307. The third kappa shape index (κ3) is 0.881. The van der Waals surface area contributed by atoms with Gasteiger partial charge in [-0.05, 0) is 6.92 Å². The van der Waals surface area contributed by atoms with Crippen molar-refractivity contribution >= 4 is 15.9 Å². The van der Waals surface area contributed by atoms with Gasteiger partial charge in [-0.15, -0.1) is 0 Å². The first-order valence-corrected chi connectivity index (χ1v) is 2.70. The molecule has 0 atom stereocenters. The van der Waals surface area contributed by atoms with E-state index in [1.54, 1.807) is 6.20 Å². The van der Waals surface area contributed by atoms with Gasteiger partial charge in [0.15, 0.2) is 0 Å². The standard InChI is InChI=1S/C4H4BrN2/c1-3-4(5)2-6-7-3/h2H,1H3. The molecule has 0 aliphatic carbocycles. The first-order valence-electron chi connectivity index (χ1n) is 1.91. The van der Waals surface area contributed by atoms with Gasteiger partial charge in [0.25, 0.3) is 0 Å². The quantitative estimate of drug-likeness (QED) is 0.519. The van der Waals surface area contributed by atoms with Gasteiger partial charge < -0.3 is 0 Å². The minimum absolute atomic E-state index is 0.944. The Morgan fingerprint density at radius 3 is 2.57 bits per heavy atom. The zero-order chi connectivity index (χ0) is 5.28. The van der Waals surface area contributed by atoms with E-state index in [0.717, 1.165) is 10.5 Å². The molecule has 2 nitrogen and oxygen atoms in total. The molecule has 0 N–H and O–H groups in total. The van der Waals surface area contributed by atoms with Gasteiger partial charge >= 0.3 is 0 Å². The molecule has 1 radical (unpaired) electrons. The maximum absolute atomic E-state index is 3.72. The number of azo groups is 1. The molecule has 37 valence electrons. The molecule has 3 heteroatoms. The minimum atomic E-state index is 0.944. The summed E-state index contributed by atoms with van der Waals surface area (Å²) in [6, 6.07) is 0.944. The average Bonchev–Trinajstić information content (AvgIpc) is 1.91. The third-order valence-electron chi connectivity index (χ3n) is 0.724. The molecule has 0 aromatic heterocycles. The van der Waals surface area contributed by atoms with E-state index in [4.69, 9.17) is 0 Å². The topological polar surface area (TPSA) is 24.7 Å². The zero-order valence-electron chi connectivity index (χ0n) is 3.85. The lowest BCUT2D eigenvalue weighted by Crippen LogP contribution is -1.76. The Hall–Kier alpha value is -0.180. The van der Waals surface area contributed by atoms with Crippen molar-refractivity contribution < 1.29 is 0 Å².